The number of hydrogen-bond acceptors (Lipinski definition) is 3. The van der Waals surface area contributed by atoms with Gasteiger partial charge in [0.05, 0.1) is 0 Å². The van der Waals surface area contributed by atoms with Crippen molar-refractivity contribution in [3.8, 4) is 0 Å². The van der Waals surface area contributed by atoms with Crippen molar-refractivity contribution in [1.82, 2.24) is 0 Å². The van der Waals surface area contributed by atoms with E-state index >= 15 is 0 Å². The van der Waals surface area contributed by atoms with Gasteiger partial charge in [-0.25, -0.2) is 0 Å². The molecule has 0 aromatic heterocycles. The third-order valence-electron chi connectivity index (χ3n) is 0. The summed E-state index contributed by atoms with van der Waals surface area (Å²) in [6, 6.07) is 0. The second-order valence-corrected chi connectivity index (χ2v) is 0.704. The Morgan fingerprint density at radius 1 is 1.60 bits per heavy atom. The van der Waals surface area contributed by atoms with Crippen LogP contribution in [-0.2, 0) is 10.5 Å². The minimum absolute atomic E-state index is 0. The van der Waals surface area contributed by atoms with Crippen molar-refractivity contribution in [2.75, 3.05) is 0 Å². The summed E-state index contributed by atoms with van der Waals surface area (Å²) in [5, 5.41) is 0. The van der Waals surface area contributed by atoms with Crippen LogP contribution in [-0.4, -0.2) is 8.42 Å². The largest absolute Gasteiger partial charge is 1.00 e. The van der Waals surface area contributed by atoms with E-state index in [9.17, 15) is 0 Å². The van der Waals surface area contributed by atoms with Gasteiger partial charge in [-0.3, -0.25) is 0 Å². The van der Waals surface area contributed by atoms with E-state index in [-0.39, 0.29) is 20.3 Å². The third kappa shape index (κ3) is 439. The van der Waals surface area contributed by atoms with Crippen LogP contribution in [0.15, 0.2) is 0 Å². The third-order valence-corrected chi connectivity index (χ3v) is 0. The van der Waals surface area contributed by atoms with Crippen LogP contribution in [0, 0.1) is 4.78 Å². The van der Waals surface area contributed by atoms with Crippen LogP contribution in [0.25, 0.3) is 0 Å². The maximum atomic E-state index is 8.67. The predicted molar refractivity (Wildman–Crippen MR) is 12.8 cm³/mol. The van der Waals surface area contributed by atoms with Crippen LogP contribution in [0.4, 0.5) is 0 Å². The number of rotatable bonds is 0. The average Bonchev–Trinajstić information content (AvgIpc) is 0.811. The average molecular weight is 87.0 g/mol. The monoisotopic (exact) mass is 87.0 g/mol. The normalized spacial score (nSPS) is 4.80. The molecule has 0 aromatic carbocycles. The fraction of sp³-hybridized carbons (Fsp3) is 0. The Kier molecular flexibility index (Phi) is 7.56. The fourth-order valence-corrected chi connectivity index (χ4v) is 0. The molecule has 0 unspecified atom stereocenters. The molecule has 0 heterocycles. The first-order chi connectivity index (χ1) is 1.73. The molecular weight excluding hydrogens is 85.0 g/mol. The Morgan fingerprint density at radius 3 is 1.60 bits per heavy atom. The Morgan fingerprint density at radius 2 is 1.60 bits per heavy atom. The molecule has 5 heavy (non-hydrogen) atoms. The Hall–Kier alpha value is 0.217. The molecule has 0 saturated carbocycles. The fourth-order valence-electron chi connectivity index (χ4n) is 0. The molecule has 0 fully saturated rings. The van der Waals surface area contributed by atoms with E-state index in [4.69, 9.17) is 13.2 Å². The molecule has 0 aliphatic rings. The van der Waals surface area contributed by atoms with Crippen LogP contribution >= 0.6 is 0 Å². The molecule has 0 radical (unpaired) electrons. The zero-order valence-corrected chi connectivity index (χ0v) is 3.54. The van der Waals surface area contributed by atoms with Gasteiger partial charge in [0, 0.05) is 0 Å². The van der Waals surface area contributed by atoms with Gasteiger partial charge in [-0.05, 0) is 0 Å². The van der Waals surface area contributed by atoms with E-state index in [0.717, 1.165) is 0 Å². The quantitative estimate of drug-likeness (QED) is 0.315. The van der Waals surface area contributed by atoms with Crippen molar-refractivity contribution >= 4 is 10.5 Å². The summed E-state index contributed by atoms with van der Waals surface area (Å²) in [4.78, 5) is 0. The van der Waals surface area contributed by atoms with E-state index in [0.29, 0.717) is 0 Å². The van der Waals surface area contributed by atoms with Gasteiger partial charge in [-0.2, -0.15) is 13.2 Å². The molecule has 0 saturated heterocycles. The Balaban J connectivity index is -0.0000000450. The maximum Gasteiger partial charge on any atom is 1.00 e. The van der Waals surface area contributed by atoms with Crippen molar-refractivity contribution in [2.45, 2.75) is 0 Å². The first kappa shape index (κ1) is 8.96. The van der Waals surface area contributed by atoms with Crippen LogP contribution in [0.3, 0.4) is 0 Å². The minimum atomic E-state index is -2.61. The molecule has 0 aromatic rings. The summed E-state index contributed by atoms with van der Waals surface area (Å²) < 4.78 is 22.8. The Bertz CT molecular complexity index is 82.9. The van der Waals surface area contributed by atoms with Crippen LogP contribution < -0.4 is 18.9 Å². The van der Waals surface area contributed by atoms with Gasteiger partial charge in [0.1, 0.15) is 0 Å². The van der Waals surface area contributed by atoms with Gasteiger partial charge in [0.2, 0.25) is 0 Å². The molecule has 0 aliphatic carbocycles. The molecule has 0 amide bonds. The van der Waals surface area contributed by atoms with Gasteiger partial charge in [-0.15, -0.1) is 0 Å². The summed E-state index contributed by atoms with van der Waals surface area (Å²) in [5.41, 5.74) is 0. The maximum absolute atomic E-state index is 8.67. The second kappa shape index (κ2) is 4.22. The van der Waals surface area contributed by atoms with E-state index in [1.807, 2.05) is 0 Å². The summed E-state index contributed by atoms with van der Waals surface area (Å²) in [5.74, 6) is 0. The first-order valence-corrected chi connectivity index (χ1v) is 1.61. The summed E-state index contributed by atoms with van der Waals surface area (Å²) in [6.07, 6.45) is 0. The Labute approximate surface area is 44.5 Å². The predicted octanol–water partition coefficient (Wildman–Crippen LogP) is -3.26. The topological polar surface area (TPSA) is 58.0 Å². The van der Waals surface area contributed by atoms with Crippen molar-refractivity contribution in [3.05, 3.63) is 0 Å². The van der Waals surface area contributed by atoms with E-state index in [2.05, 4.69) is 0 Å². The van der Waals surface area contributed by atoms with Crippen molar-refractivity contribution in [3.63, 3.8) is 0 Å². The molecule has 1 N–H and O–H groups in total. The van der Waals surface area contributed by atoms with Gasteiger partial charge < -0.3 is 1.43 Å². The van der Waals surface area contributed by atoms with Crippen molar-refractivity contribution in [1.29, 1.82) is 4.78 Å². The first-order valence-electron chi connectivity index (χ1n) is 0.537. The summed E-state index contributed by atoms with van der Waals surface area (Å²) >= 11 is 0. The molecule has 0 atom stereocenters. The van der Waals surface area contributed by atoms with E-state index in [1.54, 1.807) is 0 Å². The van der Waals surface area contributed by atoms with E-state index in [1.165, 1.54) is 0 Å². The smallest absolute Gasteiger partial charge is 1.00 e. The van der Waals surface area contributed by atoms with Crippen molar-refractivity contribution in [2.24, 2.45) is 0 Å². The zero-order chi connectivity index (χ0) is 3.58. The molecule has 0 rings (SSSR count). The molecule has 26 valence electrons. The molecule has 0 bridgehead atoms. The molecule has 0 spiro atoms. The number of nitrogens with one attached hydrogen (secondary N) is 1. The molecular formula is H2LiNO2S. The second-order valence-electron chi connectivity index (χ2n) is 0.235. The van der Waals surface area contributed by atoms with Gasteiger partial charge in [0.15, 0.2) is 0 Å². The van der Waals surface area contributed by atoms with Gasteiger partial charge in [-0.1, -0.05) is 0 Å². The van der Waals surface area contributed by atoms with Gasteiger partial charge >= 0.3 is 29.4 Å². The summed E-state index contributed by atoms with van der Waals surface area (Å²) in [6.45, 7) is 0. The zero-order valence-electron chi connectivity index (χ0n) is 3.72. The van der Waals surface area contributed by atoms with E-state index < -0.39 is 10.5 Å². The molecule has 0 aliphatic heterocycles. The summed E-state index contributed by atoms with van der Waals surface area (Å²) in [7, 11) is -2.61. The minimum Gasteiger partial charge on any atom is -1.00 e. The molecule has 3 nitrogen and oxygen atoms in total. The molecule has 5 heteroatoms. The SMILES string of the molecule is N=S(=O)=O.[H-].[Li+]. The van der Waals surface area contributed by atoms with Crippen LogP contribution in [0.1, 0.15) is 1.43 Å². The van der Waals surface area contributed by atoms with Crippen molar-refractivity contribution < 1.29 is 28.7 Å². The van der Waals surface area contributed by atoms with Gasteiger partial charge in [0.25, 0.3) is 0 Å². The number of hydrogen-bond donors (Lipinski definition) is 1. The van der Waals surface area contributed by atoms with Crippen LogP contribution in [0.5, 0.6) is 0 Å². The standard InChI is InChI=1S/Li.HNO2S.H/c;1-4(2)3;/h;1H;/q+1;;-1. The van der Waals surface area contributed by atoms with Crippen LogP contribution in [0.2, 0.25) is 0 Å².